The molecule has 0 aromatic rings. The first-order valence-corrected chi connectivity index (χ1v) is 8.28. The van der Waals surface area contributed by atoms with Gasteiger partial charge in [0.25, 0.3) is 0 Å². The number of nitrogens with one attached hydrogen (secondary N) is 1. The molecule has 2 aliphatic carbocycles. The summed E-state index contributed by atoms with van der Waals surface area (Å²) in [4.78, 5) is 15.3. The van der Waals surface area contributed by atoms with E-state index in [-0.39, 0.29) is 5.54 Å². The van der Waals surface area contributed by atoms with Gasteiger partial charge in [0.1, 0.15) is 0 Å². The Kier molecular flexibility index (Phi) is 3.59. The topological polar surface area (TPSA) is 32.3 Å². The van der Waals surface area contributed by atoms with Gasteiger partial charge in [-0.3, -0.25) is 10.1 Å². The summed E-state index contributed by atoms with van der Waals surface area (Å²) in [6, 6.07) is 0.497. The molecule has 3 unspecified atom stereocenters. The Bertz CT molecular complexity index is 349. The van der Waals surface area contributed by atoms with Gasteiger partial charge < -0.3 is 4.90 Å². The van der Waals surface area contributed by atoms with Crippen LogP contribution in [0.25, 0.3) is 0 Å². The maximum Gasteiger partial charge on any atom is 0.244 e. The molecule has 1 N–H and O–H groups in total. The third-order valence-corrected chi connectivity index (χ3v) is 5.62. The Hall–Kier alpha value is -0.570. The van der Waals surface area contributed by atoms with Gasteiger partial charge in [0.05, 0.1) is 11.7 Å². The molecule has 1 amide bonds. The monoisotopic (exact) mass is 264 g/mol. The zero-order valence-corrected chi connectivity index (χ0v) is 12.5. The van der Waals surface area contributed by atoms with Crippen molar-refractivity contribution < 1.29 is 4.79 Å². The van der Waals surface area contributed by atoms with E-state index in [2.05, 4.69) is 24.1 Å². The largest absolute Gasteiger partial charge is 0.322 e. The van der Waals surface area contributed by atoms with E-state index >= 15 is 0 Å². The molecule has 3 nitrogen and oxygen atoms in total. The van der Waals surface area contributed by atoms with Crippen molar-refractivity contribution >= 4 is 5.91 Å². The summed E-state index contributed by atoms with van der Waals surface area (Å²) in [6.07, 6.45) is 10.9. The van der Waals surface area contributed by atoms with Gasteiger partial charge in [0.2, 0.25) is 5.91 Å². The van der Waals surface area contributed by atoms with Gasteiger partial charge in [0.15, 0.2) is 0 Å². The van der Waals surface area contributed by atoms with E-state index in [1.807, 2.05) is 0 Å². The Balaban J connectivity index is 1.84. The molecule has 0 aromatic carbocycles. The molecule has 0 aromatic heterocycles. The highest BCUT2D eigenvalue weighted by Gasteiger charge is 2.54. The third kappa shape index (κ3) is 2.10. The van der Waals surface area contributed by atoms with E-state index in [1.54, 1.807) is 0 Å². The Morgan fingerprint density at radius 3 is 2.58 bits per heavy atom. The second-order valence-electron chi connectivity index (χ2n) is 6.93. The minimum absolute atomic E-state index is 0.178. The van der Waals surface area contributed by atoms with E-state index < -0.39 is 0 Å². The molecule has 2 saturated carbocycles. The van der Waals surface area contributed by atoms with Crippen LogP contribution in [0.4, 0.5) is 0 Å². The number of carbonyl (C=O) groups excluding carboxylic acids is 1. The Labute approximate surface area is 117 Å². The van der Waals surface area contributed by atoms with Crippen LogP contribution in [-0.4, -0.2) is 28.6 Å². The van der Waals surface area contributed by atoms with Crippen molar-refractivity contribution in [1.29, 1.82) is 0 Å². The maximum absolute atomic E-state index is 13.0. The van der Waals surface area contributed by atoms with Crippen LogP contribution in [-0.2, 0) is 4.79 Å². The average Bonchev–Trinajstić information content (AvgIpc) is 3.06. The number of nitrogens with zero attached hydrogens (tertiary/aromatic N) is 1. The molecule has 1 aliphatic heterocycles. The fourth-order valence-corrected chi connectivity index (χ4v) is 4.58. The predicted octanol–water partition coefficient (Wildman–Crippen LogP) is 3.05. The number of hydrogen-bond acceptors (Lipinski definition) is 2. The van der Waals surface area contributed by atoms with Gasteiger partial charge >= 0.3 is 0 Å². The first kappa shape index (κ1) is 13.4. The van der Waals surface area contributed by atoms with Gasteiger partial charge in [-0.25, -0.2) is 0 Å². The van der Waals surface area contributed by atoms with Crippen LogP contribution in [0.1, 0.15) is 71.6 Å². The van der Waals surface area contributed by atoms with Crippen LogP contribution in [0.15, 0.2) is 0 Å². The summed E-state index contributed by atoms with van der Waals surface area (Å²) < 4.78 is 0. The molecule has 108 valence electrons. The van der Waals surface area contributed by atoms with Crippen molar-refractivity contribution in [2.75, 3.05) is 0 Å². The molecule has 0 radical (unpaired) electrons. The smallest absolute Gasteiger partial charge is 0.244 e. The molecule has 1 heterocycles. The average molecular weight is 264 g/mol. The number of carbonyl (C=O) groups is 1. The van der Waals surface area contributed by atoms with E-state index in [0.29, 0.717) is 24.0 Å². The molecule has 3 aliphatic rings. The van der Waals surface area contributed by atoms with E-state index in [9.17, 15) is 4.79 Å². The first-order chi connectivity index (χ1) is 9.18. The number of amides is 1. The highest BCUT2D eigenvalue weighted by molar-refractivity contribution is 5.89. The fourth-order valence-electron chi connectivity index (χ4n) is 4.58. The summed E-state index contributed by atoms with van der Waals surface area (Å²) in [5.41, 5.74) is -0.178. The normalized spacial score (nSPS) is 37.7. The summed E-state index contributed by atoms with van der Waals surface area (Å²) in [5.74, 6) is 1.11. The zero-order valence-electron chi connectivity index (χ0n) is 12.5. The Morgan fingerprint density at radius 1 is 1.26 bits per heavy atom. The van der Waals surface area contributed by atoms with Crippen LogP contribution in [0.3, 0.4) is 0 Å². The molecule has 0 bridgehead atoms. The minimum Gasteiger partial charge on any atom is -0.322 e. The summed E-state index contributed by atoms with van der Waals surface area (Å²) in [5, 5.41) is 3.74. The van der Waals surface area contributed by atoms with Crippen molar-refractivity contribution in [2.45, 2.75) is 89.4 Å². The molecule has 3 atom stereocenters. The van der Waals surface area contributed by atoms with Crippen LogP contribution < -0.4 is 5.32 Å². The van der Waals surface area contributed by atoms with Crippen LogP contribution in [0.5, 0.6) is 0 Å². The lowest BCUT2D eigenvalue weighted by atomic mass is 9.96. The van der Waals surface area contributed by atoms with Crippen LogP contribution in [0.2, 0.25) is 0 Å². The molecule has 1 saturated heterocycles. The van der Waals surface area contributed by atoms with Gasteiger partial charge in [-0.15, -0.1) is 0 Å². The maximum atomic E-state index is 13.0. The lowest BCUT2D eigenvalue weighted by molar-refractivity contribution is -0.136. The van der Waals surface area contributed by atoms with Gasteiger partial charge in [-0.2, -0.15) is 0 Å². The molecule has 3 fully saturated rings. The Morgan fingerprint density at radius 2 is 2.00 bits per heavy atom. The summed E-state index contributed by atoms with van der Waals surface area (Å²) in [6.45, 7) is 4.55. The minimum atomic E-state index is -0.178. The lowest BCUT2D eigenvalue weighted by Gasteiger charge is -2.33. The van der Waals surface area contributed by atoms with Gasteiger partial charge in [-0.05, 0) is 38.0 Å². The number of hydrogen-bond donors (Lipinski definition) is 1. The lowest BCUT2D eigenvalue weighted by Crippen LogP contribution is -2.46. The number of rotatable bonds is 3. The van der Waals surface area contributed by atoms with Crippen molar-refractivity contribution in [3.05, 3.63) is 0 Å². The predicted molar refractivity (Wildman–Crippen MR) is 76.7 cm³/mol. The van der Waals surface area contributed by atoms with Crippen molar-refractivity contribution in [3.8, 4) is 0 Å². The van der Waals surface area contributed by atoms with Gasteiger partial charge in [0, 0.05) is 6.04 Å². The van der Waals surface area contributed by atoms with Crippen molar-refractivity contribution in [2.24, 2.45) is 5.92 Å². The molecular formula is C16H28N2O. The third-order valence-electron chi connectivity index (χ3n) is 5.62. The second kappa shape index (κ2) is 5.08. The molecule has 19 heavy (non-hydrogen) atoms. The van der Waals surface area contributed by atoms with Gasteiger partial charge in [-0.1, -0.05) is 39.5 Å². The molecule has 3 rings (SSSR count). The zero-order chi connectivity index (χ0) is 13.5. The second-order valence-corrected chi connectivity index (χ2v) is 6.93. The fraction of sp³-hybridized carbons (Fsp3) is 0.938. The molecular weight excluding hydrogens is 236 g/mol. The highest BCUT2D eigenvalue weighted by atomic mass is 16.2. The van der Waals surface area contributed by atoms with Crippen LogP contribution >= 0.6 is 0 Å². The van der Waals surface area contributed by atoms with Crippen molar-refractivity contribution in [1.82, 2.24) is 10.2 Å². The SMILES string of the molecule is CCCC1NC2(CCCC2)C(=O)N1C1CCCC1C. The quantitative estimate of drug-likeness (QED) is 0.849. The summed E-state index contributed by atoms with van der Waals surface area (Å²) >= 11 is 0. The first-order valence-electron chi connectivity index (χ1n) is 8.28. The summed E-state index contributed by atoms with van der Waals surface area (Å²) in [7, 11) is 0. The van der Waals surface area contributed by atoms with E-state index in [4.69, 9.17) is 0 Å². The van der Waals surface area contributed by atoms with E-state index in [1.165, 1.54) is 32.1 Å². The van der Waals surface area contributed by atoms with Crippen molar-refractivity contribution in [3.63, 3.8) is 0 Å². The highest BCUT2D eigenvalue weighted by Crippen LogP contribution is 2.41. The molecule has 3 heteroatoms. The van der Waals surface area contributed by atoms with Crippen LogP contribution in [0, 0.1) is 5.92 Å². The standard InChI is InChI=1S/C16H28N2O/c1-3-7-14-17-16(10-4-5-11-16)15(19)18(14)13-9-6-8-12(13)2/h12-14,17H,3-11H2,1-2H3. The van der Waals surface area contributed by atoms with E-state index in [0.717, 1.165) is 25.7 Å². The molecule has 1 spiro atoms.